The lowest BCUT2D eigenvalue weighted by Crippen LogP contribution is -2.23. The van der Waals surface area contributed by atoms with Gasteiger partial charge in [0, 0.05) is 31.0 Å². The molecule has 0 bridgehead atoms. The normalized spacial score (nSPS) is 11.0. The Morgan fingerprint density at radius 3 is 2.19 bits per heavy atom. The molecule has 112 valence electrons. The van der Waals surface area contributed by atoms with E-state index in [0.29, 0.717) is 6.04 Å². The van der Waals surface area contributed by atoms with Gasteiger partial charge in [-0.2, -0.15) is 0 Å². The zero-order valence-corrected chi connectivity index (χ0v) is 13.8. The van der Waals surface area contributed by atoms with Crippen molar-refractivity contribution in [2.45, 2.75) is 40.3 Å². The molecule has 2 aromatic rings. The molecule has 2 rings (SSSR count). The van der Waals surface area contributed by atoms with Crippen LogP contribution in [0.1, 0.15) is 30.5 Å². The number of anilines is 2. The highest BCUT2D eigenvalue weighted by Crippen LogP contribution is 2.28. The summed E-state index contributed by atoms with van der Waals surface area (Å²) in [6.45, 7) is 9.52. The number of nitrogens with zero attached hydrogens (tertiary/aromatic N) is 1. The minimum Gasteiger partial charge on any atom is -0.344 e. The second-order valence-corrected chi connectivity index (χ2v) is 6.06. The zero-order valence-electron chi connectivity index (χ0n) is 13.8. The van der Waals surface area contributed by atoms with Crippen LogP contribution in [0.25, 0.3) is 0 Å². The third-order valence-electron chi connectivity index (χ3n) is 3.72. The topological polar surface area (TPSA) is 15.3 Å². The minimum absolute atomic E-state index is 0.489. The Labute approximate surface area is 128 Å². The molecule has 0 aliphatic carbocycles. The van der Waals surface area contributed by atoms with Crippen LogP contribution in [0.5, 0.6) is 0 Å². The van der Waals surface area contributed by atoms with E-state index in [1.807, 2.05) is 0 Å². The fourth-order valence-electron chi connectivity index (χ4n) is 2.40. The van der Waals surface area contributed by atoms with Gasteiger partial charge >= 0.3 is 0 Å². The Bertz CT molecular complexity index is 585. The monoisotopic (exact) mass is 282 g/mol. The van der Waals surface area contributed by atoms with Crippen molar-refractivity contribution < 1.29 is 0 Å². The number of nitrogens with one attached hydrogen (secondary N) is 1. The van der Waals surface area contributed by atoms with Crippen LogP contribution < -0.4 is 10.2 Å². The van der Waals surface area contributed by atoms with Gasteiger partial charge in [0.1, 0.15) is 0 Å². The molecule has 0 aliphatic rings. The smallest absolute Gasteiger partial charge is 0.0453 e. The van der Waals surface area contributed by atoms with Crippen molar-refractivity contribution in [1.29, 1.82) is 0 Å². The molecule has 0 amide bonds. The van der Waals surface area contributed by atoms with Gasteiger partial charge in [0.25, 0.3) is 0 Å². The van der Waals surface area contributed by atoms with Crippen molar-refractivity contribution >= 4 is 11.4 Å². The molecule has 0 atom stereocenters. The quantitative estimate of drug-likeness (QED) is 0.864. The molecule has 0 saturated heterocycles. The van der Waals surface area contributed by atoms with Crippen LogP contribution in [-0.4, -0.2) is 13.1 Å². The van der Waals surface area contributed by atoms with Crippen LogP contribution in [0.15, 0.2) is 42.5 Å². The SMILES string of the molecule is Cc1ccc(N(C)c2ccc(C)cc2CNC(C)C)cc1. The first-order valence-corrected chi connectivity index (χ1v) is 7.60. The predicted octanol–water partition coefficient (Wildman–Crippen LogP) is 4.57. The summed E-state index contributed by atoms with van der Waals surface area (Å²) >= 11 is 0. The van der Waals surface area contributed by atoms with Crippen molar-refractivity contribution in [1.82, 2.24) is 5.32 Å². The van der Waals surface area contributed by atoms with Gasteiger partial charge in [0.15, 0.2) is 0 Å². The zero-order chi connectivity index (χ0) is 15.4. The summed E-state index contributed by atoms with van der Waals surface area (Å²) < 4.78 is 0. The Balaban J connectivity index is 2.30. The van der Waals surface area contributed by atoms with E-state index in [2.05, 4.69) is 87.4 Å². The van der Waals surface area contributed by atoms with Gasteiger partial charge in [0.2, 0.25) is 0 Å². The Morgan fingerprint density at radius 1 is 0.952 bits per heavy atom. The second kappa shape index (κ2) is 6.77. The molecule has 2 nitrogen and oxygen atoms in total. The Hall–Kier alpha value is -1.80. The van der Waals surface area contributed by atoms with Crippen LogP contribution in [-0.2, 0) is 6.54 Å². The highest BCUT2D eigenvalue weighted by Gasteiger charge is 2.10. The largest absolute Gasteiger partial charge is 0.344 e. The number of hydrogen-bond donors (Lipinski definition) is 1. The van der Waals surface area contributed by atoms with Gasteiger partial charge in [-0.25, -0.2) is 0 Å². The molecule has 1 N–H and O–H groups in total. The number of benzene rings is 2. The summed E-state index contributed by atoms with van der Waals surface area (Å²) in [7, 11) is 2.13. The summed E-state index contributed by atoms with van der Waals surface area (Å²) in [5.41, 5.74) is 6.41. The number of aryl methyl sites for hydroxylation is 2. The summed E-state index contributed by atoms with van der Waals surface area (Å²) in [6.07, 6.45) is 0. The highest BCUT2D eigenvalue weighted by molar-refractivity contribution is 5.66. The van der Waals surface area contributed by atoms with Gasteiger partial charge in [0.05, 0.1) is 0 Å². The molecule has 0 saturated carbocycles. The number of rotatable bonds is 5. The fourth-order valence-corrected chi connectivity index (χ4v) is 2.40. The van der Waals surface area contributed by atoms with Gasteiger partial charge in [-0.1, -0.05) is 49.2 Å². The van der Waals surface area contributed by atoms with E-state index >= 15 is 0 Å². The lowest BCUT2D eigenvalue weighted by molar-refractivity contribution is 0.589. The molecule has 0 aliphatic heterocycles. The van der Waals surface area contributed by atoms with E-state index < -0.39 is 0 Å². The minimum atomic E-state index is 0.489. The van der Waals surface area contributed by atoms with Gasteiger partial charge in [-0.15, -0.1) is 0 Å². The van der Waals surface area contributed by atoms with Crippen LogP contribution in [0.2, 0.25) is 0 Å². The van der Waals surface area contributed by atoms with Crippen molar-refractivity contribution in [3.63, 3.8) is 0 Å². The van der Waals surface area contributed by atoms with E-state index in [9.17, 15) is 0 Å². The summed E-state index contributed by atoms with van der Waals surface area (Å²) in [6, 6.07) is 15.8. The van der Waals surface area contributed by atoms with Gasteiger partial charge < -0.3 is 10.2 Å². The molecule has 2 heteroatoms. The Morgan fingerprint density at radius 2 is 1.57 bits per heavy atom. The van der Waals surface area contributed by atoms with Crippen LogP contribution >= 0.6 is 0 Å². The molecule has 0 fully saturated rings. The summed E-state index contributed by atoms with van der Waals surface area (Å²) in [4.78, 5) is 2.26. The second-order valence-electron chi connectivity index (χ2n) is 6.06. The van der Waals surface area contributed by atoms with E-state index in [1.165, 1.54) is 28.1 Å². The van der Waals surface area contributed by atoms with E-state index in [0.717, 1.165) is 6.54 Å². The van der Waals surface area contributed by atoms with E-state index in [1.54, 1.807) is 0 Å². The molecule has 0 unspecified atom stereocenters. The average molecular weight is 282 g/mol. The molecule has 2 aromatic carbocycles. The molecule has 0 aromatic heterocycles. The third-order valence-corrected chi connectivity index (χ3v) is 3.72. The molecule has 21 heavy (non-hydrogen) atoms. The van der Waals surface area contributed by atoms with Gasteiger partial charge in [-0.05, 0) is 37.6 Å². The van der Waals surface area contributed by atoms with E-state index in [-0.39, 0.29) is 0 Å². The predicted molar refractivity (Wildman–Crippen MR) is 92.4 cm³/mol. The van der Waals surface area contributed by atoms with Crippen LogP contribution in [0, 0.1) is 13.8 Å². The van der Waals surface area contributed by atoms with Gasteiger partial charge in [-0.3, -0.25) is 0 Å². The van der Waals surface area contributed by atoms with Crippen LogP contribution in [0.4, 0.5) is 11.4 Å². The maximum absolute atomic E-state index is 3.52. The maximum Gasteiger partial charge on any atom is 0.0453 e. The first-order chi connectivity index (χ1) is 9.97. The van der Waals surface area contributed by atoms with Crippen molar-refractivity contribution in [3.05, 3.63) is 59.2 Å². The lowest BCUT2D eigenvalue weighted by Gasteiger charge is -2.24. The first kappa shape index (κ1) is 15.6. The molecule has 0 radical (unpaired) electrons. The molecule has 0 spiro atoms. The standard InChI is InChI=1S/C19H26N2/c1-14(2)20-13-17-12-16(4)8-11-19(17)21(5)18-9-6-15(3)7-10-18/h6-12,14,20H,13H2,1-5H3. The number of hydrogen-bond acceptors (Lipinski definition) is 2. The summed E-state index contributed by atoms with van der Waals surface area (Å²) in [5.74, 6) is 0. The van der Waals surface area contributed by atoms with Crippen LogP contribution in [0.3, 0.4) is 0 Å². The van der Waals surface area contributed by atoms with Crippen molar-refractivity contribution in [2.75, 3.05) is 11.9 Å². The molecule has 0 heterocycles. The lowest BCUT2D eigenvalue weighted by atomic mass is 10.1. The summed E-state index contributed by atoms with van der Waals surface area (Å²) in [5, 5.41) is 3.52. The molecular formula is C19H26N2. The third kappa shape index (κ3) is 4.08. The molecular weight excluding hydrogens is 256 g/mol. The van der Waals surface area contributed by atoms with Crippen molar-refractivity contribution in [3.8, 4) is 0 Å². The van der Waals surface area contributed by atoms with Crippen molar-refractivity contribution in [2.24, 2.45) is 0 Å². The fraction of sp³-hybridized carbons (Fsp3) is 0.368. The maximum atomic E-state index is 3.52. The highest BCUT2D eigenvalue weighted by atomic mass is 15.1. The van der Waals surface area contributed by atoms with E-state index in [4.69, 9.17) is 0 Å². The first-order valence-electron chi connectivity index (χ1n) is 7.60. The Kier molecular flexibility index (Phi) is 5.03. The average Bonchev–Trinajstić information content (AvgIpc) is 2.45.